The van der Waals surface area contributed by atoms with Crippen molar-refractivity contribution in [2.45, 2.75) is 31.6 Å². The van der Waals surface area contributed by atoms with E-state index in [0.717, 1.165) is 0 Å². The molecule has 5 heteroatoms. The molecule has 1 saturated carbocycles. The van der Waals surface area contributed by atoms with Gasteiger partial charge in [0.05, 0.1) is 6.04 Å². The average molecular weight is 183 g/mol. The molecule has 0 bridgehead atoms. The largest absolute Gasteiger partial charge is 0.353 e. The molecule has 1 heterocycles. The fraction of sp³-hybridized carbons (Fsp3) is 0.625. The Morgan fingerprint density at radius 3 is 2.77 bits per heavy atom. The van der Waals surface area contributed by atoms with E-state index in [1.54, 1.807) is 0 Å². The third kappa shape index (κ3) is 1.35. The van der Waals surface area contributed by atoms with E-state index in [0.29, 0.717) is 0 Å². The molecular weight excluding hydrogens is 174 g/mol. The predicted molar refractivity (Wildman–Crippen MR) is 40.9 cm³/mol. The van der Waals surface area contributed by atoms with Crippen LogP contribution in [0.4, 0.5) is 0 Å². The quantitative estimate of drug-likeness (QED) is 0.518. The number of hydrogen-bond acceptors (Lipinski definition) is 4. The van der Waals surface area contributed by atoms with Crippen molar-refractivity contribution >= 4 is 17.5 Å². The molecule has 0 radical (unpaired) electrons. The third-order valence-electron chi connectivity index (χ3n) is 2.22. The summed E-state index contributed by atoms with van der Waals surface area (Å²) in [6.07, 6.45) is -1.03. The van der Waals surface area contributed by atoms with Gasteiger partial charge in [-0.1, -0.05) is 0 Å². The number of rotatable bonds is 1. The lowest BCUT2D eigenvalue weighted by Crippen LogP contribution is -2.47. The van der Waals surface area contributed by atoms with Crippen LogP contribution in [0.2, 0.25) is 0 Å². The highest BCUT2D eigenvalue weighted by Gasteiger charge is 2.56. The zero-order chi connectivity index (χ0) is 9.59. The minimum atomic E-state index is -0.672. The predicted octanol–water partition coefficient (Wildman–Crippen LogP) is -1.20. The summed E-state index contributed by atoms with van der Waals surface area (Å²) in [5, 5.41) is 2.43. The summed E-state index contributed by atoms with van der Waals surface area (Å²) in [6.45, 7) is 1.32. The summed E-state index contributed by atoms with van der Waals surface area (Å²) >= 11 is 0. The second-order valence-corrected chi connectivity index (χ2v) is 3.30. The Bertz CT molecular complexity index is 299. The van der Waals surface area contributed by atoms with Gasteiger partial charge in [-0.3, -0.25) is 14.4 Å². The first-order valence-electron chi connectivity index (χ1n) is 4.08. The number of epoxide rings is 1. The van der Waals surface area contributed by atoms with Gasteiger partial charge in [0, 0.05) is 13.3 Å². The molecule has 1 amide bonds. The van der Waals surface area contributed by atoms with Crippen molar-refractivity contribution in [2.75, 3.05) is 0 Å². The second-order valence-electron chi connectivity index (χ2n) is 3.30. The number of Topliss-reactive ketones (excluding diaryl/α,β-unsaturated/α-hetero) is 2. The number of fused-ring (bicyclic) bond motifs is 1. The third-order valence-corrected chi connectivity index (χ3v) is 2.22. The van der Waals surface area contributed by atoms with Gasteiger partial charge in [-0.05, 0) is 0 Å². The highest BCUT2D eigenvalue weighted by molar-refractivity contribution is 6.07. The minimum Gasteiger partial charge on any atom is -0.353 e. The van der Waals surface area contributed by atoms with Crippen LogP contribution >= 0.6 is 0 Å². The first kappa shape index (κ1) is 8.37. The summed E-state index contributed by atoms with van der Waals surface area (Å²) in [5.74, 6) is -0.576. The Kier molecular flexibility index (Phi) is 1.69. The van der Waals surface area contributed by atoms with Crippen molar-refractivity contribution in [1.82, 2.24) is 5.32 Å². The summed E-state index contributed by atoms with van der Waals surface area (Å²) in [7, 11) is 0. The van der Waals surface area contributed by atoms with Gasteiger partial charge in [-0.15, -0.1) is 0 Å². The molecular formula is C8H9NO4. The van der Waals surface area contributed by atoms with Gasteiger partial charge in [0.15, 0.2) is 23.8 Å². The molecule has 1 aliphatic heterocycles. The average Bonchev–Trinajstić information content (AvgIpc) is 2.77. The molecule has 3 atom stereocenters. The van der Waals surface area contributed by atoms with Gasteiger partial charge >= 0.3 is 0 Å². The number of carbonyl (C=O) groups is 3. The fourth-order valence-electron chi connectivity index (χ4n) is 1.56. The van der Waals surface area contributed by atoms with Crippen LogP contribution in [0.3, 0.4) is 0 Å². The Balaban J connectivity index is 2.07. The fourth-order valence-corrected chi connectivity index (χ4v) is 1.56. The lowest BCUT2D eigenvalue weighted by Gasteiger charge is -2.17. The van der Waals surface area contributed by atoms with Crippen molar-refractivity contribution in [2.24, 2.45) is 0 Å². The van der Waals surface area contributed by atoms with E-state index in [9.17, 15) is 14.4 Å². The van der Waals surface area contributed by atoms with E-state index in [4.69, 9.17) is 4.74 Å². The molecule has 13 heavy (non-hydrogen) atoms. The molecule has 1 saturated heterocycles. The van der Waals surface area contributed by atoms with Gasteiger partial charge in [0.2, 0.25) is 5.91 Å². The maximum absolute atomic E-state index is 11.4. The Morgan fingerprint density at radius 1 is 1.46 bits per heavy atom. The van der Waals surface area contributed by atoms with Gasteiger partial charge in [-0.2, -0.15) is 0 Å². The minimum absolute atomic E-state index is 0.0690. The number of amides is 1. The topological polar surface area (TPSA) is 75.8 Å². The highest BCUT2D eigenvalue weighted by Crippen LogP contribution is 2.31. The molecule has 0 spiro atoms. The zero-order valence-electron chi connectivity index (χ0n) is 7.07. The van der Waals surface area contributed by atoms with E-state index in [1.165, 1.54) is 6.92 Å². The summed E-state index contributed by atoms with van der Waals surface area (Å²) in [5.41, 5.74) is 0. The normalized spacial score (nSPS) is 36.8. The first-order valence-corrected chi connectivity index (χ1v) is 4.08. The molecule has 1 unspecified atom stereocenters. The van der Waals surface area contributed by atoms with E-state index in [-0.39, 0.29) is 23.9 Å². The van der Waals surface area contributed by atoms with Crippen molar-refractivity contribution < 1.29 is 19.1 Å². The number of nitrogens with one attached hydrogen (secondary N) is 1. The van der Waals surface area contributed by atoms with Gasteiger partial charge in [-0.25, -0.2) is 0 Å². The summed E-state index contributed by atoms with van der Waals surface area (Å²) in [6, 6.07) is -0.672. The molecule has 1 aliphatic carbocycles. The van der Waals surface area contributed by atoms with Crippen molar-refractivity contribution in [3.05, 3.63) is 0 Å². The molecule has 1 N–H and O–H groups in total. The number of carbonyl (C=O) groups excluding carboxylic acids is 3. The van der Waals surface area contributed by atoms with Crippen molar-refractivity contribution in [3.63, 3.8) is 0 Å². The SMILES string of the molecule is CC(=O)NC1CC(=O)[C@@H]2O[C@@H]2C1=O. The first-order chi connectivity index (χ1) is 6.09. The van der Waals surface area contributed by atoms with Gasteiger partial charge in [0.25, 0.3) is 0 Å². The Labute approximate surface area is 74.4 Å². The molecule has 0 aromatic rings. The lowest BCUT2D eigenvalue weighted by molar-refractivity contribution is -0.131. The molecule has 2 aliphatic rings. The standard InChI is InChI=1S/C8H9NO4/c1-3(10)9-4-2-5(11)7-8(13-7)6(4)12/h4,7-8H,2H2,1H3,(H,9,10)/t4?,7-,8+/m0/s1. The van der Waals surface area contributed by atoms with Gasteiger partial charge < -0.3 is 10.1 Å². The number of ketones is 2. The lowest BCUT2D eigenvalue weighted by atomic mass is 9.93. The van der Waals surface area contributed by atoms with Crippen molar-refractivity contribution in [1.29, 1.82) is 0 Å². The Morgan fingerprint density at radius 2 is 2.15 bits per heavy atom. The highest BCUT2D eigenvalue weighted by atomic mass is 16.6. The van der Waals surface area contributed by atoms with Gasteiger partial charge in [0.1, 0.15) is 0 Å². The number of hydrogen-bond donors (Lipinski definition) is 1. The van der Waals surface area contributed by atoms with Crippen molar-refractivity contribution in [3.8, 4) is 0 Å². The molecule has 5 nitrogen and oxygen atoms in total. The zero-order valence-corrected chi connectivity index (χ0v) is 7.07. The van der Waals surface area contributed by atoms with Crippen LogP contribution in [-0.2, 0) is 19.1 Å². The molecule has 0 aromatic carbocycles. The molecule has 70 valence electrons. The summed E-state index contributed by atoms with van der Waals surface area (Å²) in [4.78, 5) is 33.2. The maximum Gasteiger partial charge on any atom is 0.217 e. The summed E-state index contributed by atoms with van der Waals surface area (Å²) < 4.78 is 4.86. The van der Waals surface area contributed by atoms with Crippen LogP contribution in [0, 0.1) is 0 Å². The Hall–Kier alpha value is -1.23. The van der Waals surface area contributed by atoms with Crippen LogP contribution < -0.4 is 5.32 Å². The van der Waals surface area contributed by atoms with E-state index in [1.807, 2.05) is 0 Å². The maximum atomic E-state index is 11.4. The number of ether oxygens (including phenoxy) is 1. The van der Waals surface area contributed by atoms with E-state index < -0.39 is 18.2 Å². The molecule has 2 fully saturated rings. The van der Waals surface area contributed by atoms with E-state index in [2.05, 4.69) is 5.32 Å². The van der Waals surface area contributed by atoms with Crippen LogP contribution in [-0.4, -0.2) is 35.7 Å². The molecule has 0 aromatic heterocycles. The van der Waals surface area contributed by atoms with Crippen LogP contribution in [0.5, 0.6) is 0 Å². The van der Waals surface area contributed by atoms with Crippen LogP contribution in [0.25, 0.3) is 0 Å². The van der Waals surface area contributed by atoms with Crippen LogP contribution in [0.15, 0.2) is 0 Å². The second kappa shape index (κ2) is 2.63. The van der Waals surface area contributed by atoms with Crippen LogP contribution in [0.1, 0.15) is 13.3 Å². The smallest absolute Gasteiger partial charge is 0.217 e. The van der Waals surface area contributed by atoms with E-state index >= 15 is 0 Å². The molecule has 2 rings (SSSR count). The monoisotopic (exact) mass is 183 g/mol.